The van der Waals surface area contributed by atoms with Crippen molar-refractivity contribution in [2.24, 2.45) is 0 Å². The van der Waals surface area contributed by atoms with Crippen LogP contribution in [0.2, 0.25) is 0 Å². The lowest BCUT2D eigenvalue weighted by molar-refractivity contribution is 0.294. The van der Waals surface area contributed by atoms with E-state index in [9.17, 15) is 8.42 Å². The van der Waals surface area contributed by atoms with Gasteiger partial charge in [0.25, 0.3) is 0 Å². The standard InChI is InChI=1S/C15H15BrN4O3S/c1-19(2)24(21,22)20-10-17-14(18-20)9-23-13-8-7-11-5-3-4-6-12(11)15(13)16/h3-8,10H,9H2,1-2H3. The van der Waals surface area contributed by atoms with Gasteiger partial charge in [0.05, 0.1) is 4.47 Å². The van der Waals surface area contributed by atoms with Crippen LogP contribution in [0.5, 0.6) is 5.75 Å². The van der Waals surface area contributed by atoms with E-state index in [-0.39, 0.29) is 12.4 Å². The summed E-state index contributed by atoms with van der Waals surface area (Å²) in [4.78, 5) is 3.98. The molecule has 0 aliphatic rings. The smallest absolute Gasteiger partial charge is 0.323 e. The monoisotopic (exact) mass is 410 g/mol. The summed E-state index contributed by atoms with van der Waals surface area (Å²) in [6.45, 7) is 0.0624. The number of ether oxygens (including phenoxy) is 1. The summed E-state index contributed by atoms with van der Waals surface area (Å²) >= 11 is 3.54. The van der Waals surface area contributed by atoms with E-state index in [1.54, 1.807) is 0 Å². The van der Waals surface area contributed by atoms with Gasteiger partial charge in [0.1, 0.15) is 18.7 Å². The van der Waals surface area contributed by atoms with Crippen molar-refractivity contribution in [1.82, 2.24) is 18.5 Å². The first-order valence-electron chi connectivity index (χ1n) is 7.03. The molecule has 7 nitrogen and oxygen atoms in total. The molecule has 126 valence electrons. The lowest BCUT2D eigenvalue weighted by Gasteiger charge is -2.10. The summed E-state index contributed by atoms with van der Waals surface area (Å²) in [6.07, 6.45) is 1.16. The number of halogens is 1. The second-order valence-electron chi connectivity index (χ2n) is 5.21. The number of rotatable bonds is 5. The van der Waals surface area contributed by atoms with Crippen molar-refractivity contribution in [3.63, 3.8) is 0 Å². The van der Waals surface area contributed by atoms with Crippen molar-refractivity contribution in [3.05, 3.63) is 53.0 Å². The first kappa shape index (κ1) is 16.9. The Balaban J connectivity index is 1.80. The number of nitrogens with zero attached hydrogens (tertiary/aromatic N) is 4. The Bertz CT molecular complexity index is 985. The molecule has 0 radical (unpaired) electrons. The molecule has 0 unspecified atom stereocenters. The largest absolute Gasteiger partial charge is 0.484 e. The maximum Gasteiger partial charge on any atom is 0.323 e. The van der Waals surface area contributed by atoms with E-state index >= 15 is 0 Å². The average Bonchev–Trinajstić information content (AvgIpc) is 3.04. The van der Waals surface area contributed by atoms with Gasteiger partial charge < -0.3 is 4.74 Å². The number of fused-ring (bicyclic) bond motifs is 1. The average molecular weight is 411 g/mol. The zero-order valence-electron chi connectivity index (χ0n) is 13.0. The van der Waals surface area contributed by atoms with E-state index < -0.39 is 10.2 Å². The minimum absolute atomic E-state index is 0.0624. The third kappa shape index (κ3) is 3.14. The van der Waals surface area contributed by atoms with E-state index in [0.29, 0.717) is 5.75 Å². The van der Waals surface area contributed by atoms with Crippen molar-refractivity contribution in [2.75, 3.05) is 14.1 Å². The molecule has 0 amide bonds. The normalized spacial score (nSPS) is 12.0. The Labute approximate surface area is 148 Å². The van der Waals surface area contributed by atoms with Gasteiger partial charge in [-0.05, 0) is 32.8 Å². The number of hydrogen-bond donors (Lipinski definition) is 0. The Hall–Kier alpha value is -1.97. The Morgan fingerprint density at radius 3 is 2.71 bits per heavy atom. The van der Waals surface area contributed by atoms with Crippen molar-refractivity contribution >= 4 is 36.9 Å². The zero-order chi connectivity index (χ0) is 17.3. The van der Waals surface area contributed by atoms with Crippen LogP contribution in [0, 0.1) is 0 Å². The van der Waals surface area contributed by atoms with Gasteiger partial charge in [-0.1, -0.05) is 30.3 Å². The Kier molecular flexibility index (Phi) is 4.57. The maximum absolute atomic E-state index is 12.0. The van der Waals surface area contributed by atoms with Crippen molar-refractivity contribution < 1.29 is 13.2 Å². The van der Waals surface area contributed by atoms with Gasteiger partial charge in [0.15, 0.2) is 5.82 Å². The molecule has 2 aromatic carbocycles. The Morgan fingerprint density at radius 1 is 1.21 bits per heavy atom. The molecule has 0 saturated heterocycles. The topological polar surface area (TPSA) is 77.3 Å². The molecule has 0 N–H and O–H groups in total. The van der Waals surface area contributed by atoms with Crippen LogP contribution >= 0.6 is 15.9 Å². The van der Waals surface area contributed by atoms with Gasteiger partial charge in [0, 0.05) is 14.1 Å². The minimum atomic E-state index is -3.66. The van der Waals surface area contributed by atoms with Crippen molar-refractivity contribution in [2.45, 2.75) is 6.61 Å². The molecular weight excluding hydrogens is 396 g/mol. The Morgan fingerprint density at radius 2 is 1.96 bits per heavy atom. The molecule has 0 aliphatic carbocycles. The van der Waals surface area contributed by atoms with Crippen molar-refractivity contribution in [3.8, 4) is 5.75 Å². The van der Waals surface area contributed by atoms with Crippen LogP contribution in [-0.2, 0) is 16.8 Å². The van der Waals surface area contributed by atoms with Crippen LogP contribution in [0.15, 0.2) is 47.2 Å². The quantitative estimate of drug-likeness (QED) is 0.645. The molecule has 1 heterocycles. The van der Waals surface area contributed by atoms with Crippen LogP contribution in [0.25, 0.3) is 10.8 Å². The highest BCUT2D eigenvalue weighted by Crippen LogP contribution is 2.33. The molecular formula is C15H15BrN4O3S. The molecule has 1 aromatic heterocycles. The number of benzene rings is 2. The van der Waals surface area contributed by atoms with E-state index in [1.165, 1.54) is 14.1 Å². The van der Waals surface area contributed by atoms with E-state index in [1.807, 2.05) is 36.4 Å². The fraction of sp³-hybridized carbons (Fsp3) is 0.200. The van der Waals surface area contributed by atoms with Crippen LogP contribution in [0.1, 0.15) is 5.82 Å². The summed E-state index contributed by atoms with van der Waals surface area (Å²) in [6, 6.07) is 11.7. The maximum atomic E-state index is 12.0. The number of hydrogen-bond acceptors (Lipinski definition) is 5. The first-order valence-corrected chi connectivity index (χ1v) is 9.22. The summed E-state index contributed by atoms with van der Waals surface area (Å²) in [7, 11) is -0.805. The molecule has 9 heteroatoms. The summed E-state index contributed by atoms with van der Waals surface area (Å²) < 4.78 is 32.4. The van der Waals surface area contributed by atoms with Gasteiger partial charge in [-0.15, -0.1) is 9.19 Å². The van der Waals surface area contributed by atoms with Gasteiger partial charge >= 0.3 is 10.2 Å². The summed E-state index contributed by atoms with van der Waals surface area (Å²) in [5.74, 6) is 0.918. The third-order valence-electron chi connectivity index (χ3n) is 3.40. The fourth-order valence-electron chi connectivity index (χ4n) is 2.09. The third-order valence-corrected chi connectivity index (χ3v) is 5.79. The second kappa shape index (κ2) is 6.50. The van der Waals surface area contributed by atoms with Crippen LogP contribution < -0.4 is 4.74 Å². The molecule has 0 spiro atoms. The molecule has 0 aliphatic heterocycles. The fourth-order valence-corrected chi connectivity index (χ4v) is 3.40. The lowest BCUT2D eigenvalue weighted by Crippen LogP contribution is -2.29. The van der Waals surface area contributed by atoms with Gasteiger partial charge in [-0.2, -0.15) is 12.7 Å². The predicted octanol–water partition coefficient (Wildman–Crippen LogP) is 2.43. The zero-order valence-corrected chi connectivity index (χ0v) is 15.5. The van der Waals surface area contributed by atoms with E-state index in [0.717, 1.165) is 30.0 Å². The SMILES string of the molecule is CN(C)S(=O)(=O)n1cnc(COc2ccc3ccccc3c2Br)n1. The van der Waals surface area contributed by atoms with Crippen LogP contribution in [-0.4, -0.2) is 41.0 Å². The molecule has 0 bridgehead atoms. The van der Waals surface area contributed by atoms with Gasteiger partial charge in [-0.25, -0.2) is 4.98 Å². The molecule has 3 rings (SSSR count). The number of aromatic nitrogens is 3. The van der Waals surface area contributed by atoms with E-state index in [4.69, 9.17) is 4.74 Å². The molecule has 0 fully saturated rings. The van der Waals surface area contributed by atoms with Crippen LogP contribution in [0.4, 0.5) is 0 Å². The molecule has 0 saturated carbocycles. The highest BCUT2D eigenvalue weighted by molar-refractivity contribution is 9.10. The van der Waals surface area contributed by atoms with Crippen LogP contribution in [0.3, 0.4) is 0 Å². The molecule has 0 atom stereocenters. The lowest BCUT2D eigenvalue weighted by atomic mass is 10.1. The predicted molar refractivity (Wildman–Crippen MR) is 94.0 cm³/mol. The minimum Gasteiger partial charge on any atom is -0.484 e. The first-order chi connectivity index (χ1) is 11.4. The van der Waals surface area contributed by atoms with Crippen molar-refractivity contribution in [1.29, 1.82) is 0 Å². The van der Waals surface area contributed by atoms with E-state index in [2.05, 4.69) is 26.0 Å². The molecule has 24 heavy (non-hydrogen) atoms. The summed E-state index contributed by atoms with van der Waals surface area (Å²) in [5, 5.41) is 6.07. The van der Waals surface area contributed by atoms with Gasteiger partial charge in [0.2, 0.25) is 0 Å². The highest BCUT2D eigenvalue weighted by Gasteiger charge is 2.18. The second-order valence-corrected chi connectivity index (χ2v) is 8.00. The van der Waals surface area contributed by atoms with Gasteiger partial charge in [-0.3, -0.25) is 0 Å². The molecule has 3 aromatic rings. The summed E-state index contributed by atoms with van der Waals surface area (Å²) in [5.41, 5.74) is 0. The highest BCUT2D eigenvalue weighted by atomic mass is 79.9.